The molecule has 1 fully saturated rings. The van der Waals surface area contributed by atoms with Gasteiger partial charge in [-0.05, 0) is 0 Å². The second kappa shape index (κ2) is 1.99. The van der Waals surface area contributed by atoms with Crippen molar-refractivity contribution >= 4 is 0 Å². The maximum absolute atomic E-state index is 8.57. The third-order valence-electron chi connectivity index (χ3n) is 1.20. The molecule has 4 nitrogen and oxygen atoms in total. The summed E-state index contributed by atoms with van der Waals surface area (Å²) in [4.78, 5) is 0. The lowest BCUT2D eigenvalue weighted by Gasteiger charge is -2.00. The van der Waals surface area contributed by atoms with Crippen LogP contribution < -0.4 is 11.5 Å². The van der Waals surface area contributed by atoms with Gasteiger partial charge < -0.3 is 21.3 Å². The van der Waals surface area contributed by atoms with Crippen LogP contribution in [0.1, 0.15) is 0 Å². The molecule has 5 N–H and O–H groups in total. The maximum atomic E-state index is 8.57. The van der Waals surface area contributed by atoms with Gasteiger partial charge in [-0.2, -0.15) is 0 Å². The van der Waals surface area contributed by atoms with Gasteiger partial charge >= 0.3 is 0 Å². The van der Waals surface area contributed by atoms with E-state index < -0.39 is 6.29 Å². The first-order valence-corrected chi connectivity index (χ1v) is 2.55. The molecule has 1 heterocycles. The minimum absolute atomic E-state index is 0.204. The first-order chi connectivity index (χ1) is 3.75. The smallest absolute Gasteiger partial charge is 0.183 e. The summed E-state index contributed by atoms with van der Waals surface area (Å²) in [6, 6.07) is -0.204. The lowest BCUT2D eigenvalue weighted by atomic mass is 10.2. The number of ether oxygens (including phenoxy) is 1. The van der Waals surface area contributed by atoms with Crippen molar-refractivity contribution in [3.63, 3.8) is 0 Å². The van der Waals surface area contributed by atoms with E-state index in [2.05, 4.69) is 4.74 Å². The summed E-state index contributed by atoms with van der Waals surface area (Å²) in [5, 5.41) is 8.57. The lowest BCUT2D eigenvalue weighted by molar-refractivity contribution is 0.156. The Balaban J connectivity index is 2.18. The second-order valence-corrected chi connectivity index (χ2v) is 1.89. The van der Waals surface area contributed by atoms with E-state index >= 15 is 0 Å². The van der Waals surface area contributed by atoms with E-state index in [-0.39, 0.29) is 12.1 Å². The van der Waals surface area contributed by atoms with Gasteiger partial charge in [0.25, 0.3) is 0 Å². The van der Waals surface area contributed by atoms with Gasteiger partial charge in [-0.1, -0.05) is 0 Å². The number of nitrogens with two attached hydrogens (primary N) is 2. The molecule has 0 aromatic carbocycles. The summed E-state index contributed by atoms with van der Waals surface area (Å²) < 4.78 is 4.62. The zero-order valence-electron chi connectivity index (χ0n) is 4.45. The van der Waals surface area contributed by atoms with Gasteiger partial charge in [-0.25, -0.2) is 0 Å². The zero-order valence-corrected chi connectivity index (χ0v) is 4.45. The molecular weight excluding hydrogens is 108 g/mol. The van der Waals surface area contributed by atoms with Crippen LogP contribution in [-0.2, 0) is 4.74 Å². The van der Waals surface area contributed by atoms with E-state index in [4.69, 9.17) is 16.6 Å². The molecule has 4 heteroatoms. The largest absolute Gasteiger partial charge is 0.366 e. The van der Waals surface area contributed by atoms with Crippen LogP contribution in [-0.4, -0.2) is 30.1 Å². The standard InChI is InChI=1S/C4H10N2O2/c5-1-2(6)3-4(7)8-3/h2-4,7H,1,5-6H2. The van der Waals surface area contributed by atoms with Crippen molar-refractivity contribution in [3.8, 4) is 0 Å². The predicted octanol–water partition coefficient (Wildman–Crippen LogP) is -2.01. The molecule has 0 aliphatic carbocycles. The van der Waals surface area contributed by atoms with Crippen LogP contribution in [0.2, 0.25) is 0 Å². The van der Waals surface area contributed by atoms with Gasteiger partial charge in [-0.3, -0.25) is 0 Å². The van der Waals surface area contributed by atoms with Crippen molar-refractivity contribution in [1.82, 2.24) is 0 Å². The zero-order chi connectivity index (χ0) is 6.15. The Morgan fingerprint density at radius 2 is 2.25 bits per heavy atom. The number of rotatable bonds is 2. The molecular formula is C4H10N2O2. The molecule has 8 heavy (non-hydrogen) atoms. The average Bonchev–Trinajstić information content (AvgIpc) is 2.45. The number of hydrogen-bond acceptors (Lipinski definition) is 4. The average molecular weight is 118 g/mol. The summed E-state index contributed by atoms with van der Waals surface area (Å²) in [5.74, 6) is 0. The van der Waals surface area contributed by atoms with Crippen molar-refractivity contribution in [2.75, 3.05) is 6.54 Å². The van der Waals surface area contributed by atoms with Crippen LogP contribution in [0.5, 0.6) is 0 Å². The molecule has 1 aliphatic heterocycles. The highest BCUT2D eigenvalue weighted by molar-refractivity contribution is 4.86. The normalized spacial score (nSPS) is 39.4. The van der Waals surface area contributed by atoms with Crippen LogP contribution in [0.15, 0.2) is 0 Å². The number of aliphatic hydroxyl groups is 1. The third kappa shape index (κ3) is 0.976. The molecule has 0 aromatic heterocycles. The summed E-state index contributed by atoms with van der Waals surface area (Å²) >= 11 is 0. The van der Waals surface area contributed by atoms with Gasteiger partial charge in [0.1, 0.15) is 6.10 Å². The van der Waals surface area contributed by atoms with E-state index in [0.717, 1.165) is 0 Å². The Bertz CT molecular complexity index is 86.1. The highest BCUT2D eigenvalue weighted by Crippen LogP contribution is 2.20. The van der Waals surface area contributed by atoms with Crippen molar-refractivity contribution in [2.45, 2.75) is 18.4 Å². The fourth-order valence-corrected chi connectivity index (χ4v) is 0.562. The SMILES string of the molecule is NCC(N)C1OC1O. The number of epoxide rings is 1. The second-order valence-electron chi connectivity index (χ2n) is 1.89. The summed E-state index contributed by atoms with van der Waals surface area (Å²) in [6.07, 6.45) is -0.867. The van der Waals surface area contributed by atoms with Crippen LogP contribution >= 0.6 is 0 Å². The Labute approximate surface area is 47.4 Å². The van der Waals surface area contributed by atoms with Crippen molar-refractivity contribution in [3.05, 3.63) is 0 Å². The highest BCUT2D eigenvalue weighted by atomic mass is 16.7. The molecule has 0 spiro atoms. The predicted molar refractivity (Wildman–Crippen MR) is 27.9 cm³/mol. The van der Waals surface area contributed by atoms with Gasteiger partial charge in [0.2, 0.25) is 0 Å². The quantitative estimate of drug-likeness (QED) is 0.366. The molecule has 48 valence electrons. The minimum atomic E-state index is -0.659. The Morgan fingerprint density at radius 3 is 2.38 bits per heavy atom. The first-order valence-electron chi connectivity index (χ1n) is 2.55. The molecule has 1 saturated heterocycles. The molecule has 0 saturated carbocycles. The van der Waals surface area contributed by atoms with Crippen LogP contribution in [0, 0.1) is 0 Å². The van der Waals surface area contributed by atoms with E-state index in [1.807, 2.05) is 0 Å². The summed E-state index contributed by atoms with van der Waals surface area (Å²) in [7, 11) is 0. The molecule has 1 rings (SSSR count). The van der Waals surface area contributed by atoms with E-state index in [9.17, 15) is 0 Å². The molecule has 3 unspecified atom stereocenters. The summed E-state index contributed by atoms with van der Waals surface area (Å²) in [5.41, 5.74) is 10.5. The topological polar surface area (TPSA) is 84.8 Å². The van der Waals surface area contributed by atoms with Gasteiger partial charge in [0.05, 0.1) is 0 Å². The van der Waals surface area contributed by atoms with Crippen LogP contribution in [0.3, 0.4) is 0 Å². The van der Waals surface area contributed by atoms with E-state index in [1.165, 1.54) is 0 Å². The molecule has 3 atom stereocenters. The molecule has 0 radical (unpaired) electrons. The van der Waals surface area contributed by atoms with Gasteiger partial charge in [0.15, 0.2) is 6.29 Å². The van der Waals surface area contributed by atoms with E-state index in [1.54, 1.807) is 0 Å². The Hall–Kier alpha value is -0.160. The fraction of sp³-hybridized carbons (Fsp3) is 1.00. The Kier molecular flexibility index (Phi) is 1.48. The molecule has 1 aliphatic rings. The lowest BCUT2D eigenvalue weighted by Crippen LogP contribution is -2.35. The fourth-order valence-electron chi connectivity index (χ4n) is 0.562. The Morgan fingerprint density at radius 1 is 1.75 bits per heavy atom. The van der Waals surface area contributed by atoms with Crippen molar-refractivity contribution in [1.29, 1.82) is 0 Å². The maximum Gasteiger partial charge on any atom is 0.183 e. The molecule has 0 bridgehead atoms. The molecule has 0 aromatic rings. The number of hydrogen-bond donors (Lipinski definition) is 3. The van der Waals surface area contributed by atoms with Crippen LogP contribution in [0.4, 0.5) is 0 Å². The monoisotopic (exact) mass is 118 g/mol. The van der Waals surface area contributed by atoms with Gasteiger partial charge in [0, 0.05) is 12.6 Å². The minimum Gasteiger partial charge on any atom is -0.366 e. The number of aliphatic hydroxyl groups excluding tert-OH is 1. The van der Waals surface area contributed by atoms with Crippen molar-refractivity contribution < 1.29 is 9.84 Å². The summed E-state index contributed by atoms with van der Waals surface area (Å²) in [6.45, 7) is 0.363. The van der Waals surface area contributed by atoms with E-state index in [0.29, 0.717) is 6.54 Å². The van der Waals surface area contributed by atoms with Gasteiger partial charge in [-0.15, -0.1) is 0 Å². The first kappa shape index (κ1) is 5.97. The third-order valence-corrected chi connectivity index (χ3v) is 1.20. The highest BCUT2D eigenvalue weighted by Gasteiger charge is 2.41. The van der Waals surface area contributed by atoms with Crippen LogP contribution in [0.25, 0.3) is 0 Å². The van der Waals surface area contributed by atoms with Crippen molar-refractivity contribution in [2.24, 2.45) is 11.5 Å². The molecule has 0 amide bonds.